The van der Waals surface area contributed by atoms with Gasteiger partial charge in [-0.2, -0.15) is 5.06 Å². The molecule has 1 heterocycles. The molecule has 0 bridgehead atoms. The third-order valence-electron chi connectivity index (χ3n) is 1.90. The number of aliphatic imine (C=N–C) groups is 1. The SMILES string of the molecule is CC1(C)N=C(N)N(c2ccccc2)O1. The predicted octanol–water partition coefficient (Wildman–Crippen LogP) is 1.49. The summed E-state index contributed by atoms with van der Waals surface area (Å²) in [5.41, 5.74) is 6.06. The van der Waals surface area contributed by atoms with Crippen molar-refractivity contribution in [2.24, 2.45) is 10.7 Å². The van der Waals surface area contributed by atoms with Gasteiger partial charge in [0, 0.05) is 0 Å². The molecule has 4 heteroatoms. The number of rotatable bonds is 1. The summed E-state index contributed by atoms with van der Waals surface area (Å²) in [6.45, 7) is 3.73. The number of nitrogens with zero attached hydrogens (tertiary/aromatic N) is 2. The molecule has 74 valence electrons. The van der Waals surface area contributed by atoms with E-state index in [1.54, 1.807) is 5.06 Å². The quantitative estimate of drug-likeness (QED) is 0.731. The van der Waals surface area contributed by atoms with Crippen molar-refractivity contribution in [1.82, 2.24) is 0 Å². The van der Waals surface area contributed by atoms with E-state index in [-0.39, 0.29) is 0 Å². The van der Waals surface area contributed by atoms with Gasteiger partial charge in [-0.3, -0.25) is 0 Å². The van der Waals surface area contributed by atoms with E-state index in [1.165, 1.54) is 0 Å². The number of guanidine groups is 1. The first-order valence-electron chi connectivity index (χ1n) is 4.48. The van der Waals surface area contributed by atoms with Crippen molar-refractivity contribution >= 4 is 11.6 Å². The van der Waals surface area contributed by atoms with E-state index in [4.69, 9.17) is 10.6 Å². The largest absolute Gasteiger partial charge is 0.368 e. The molecular weight excluding hydrogens is 178 g/mol. The summed E-state index contributed by atoms with van der Waals surface area (Å²) in [4.78, 5) is 9.73. The minimum atomic E-state index is -0.570. The topological polar surface area (TPSA) is 50.8 Å². The highest BCUT2D eigenvalue weighted by Gasteiger charge is 2.31. The van der Waals surface area contributed by atoms with E-state index < -0.39 is 5.72 Å². The van der Waals surface area contributed by atoms with E-state index in [1.807, 2.05) is 44.2 Å². The highest BCUT2D eigenvalue weighted by Crippen LogP contribution is 2.25. The molecule has 4 nitrogen and oxygen atoms in total. The standard InChI is InChI=1S/C10H13N3O/c1-10(2)12-9(11)13(14-10)8-6-4-3-5-7-8/h3-7H,1-2H3,(H2,11,12). The average Bonchev–Trinajstić information content (AvgIpc) is 2.41. The Kier molecular flexibility index (Phi) is 1.93. The number of para-hydroxylation sites is 1. The molecule has 0 unspecified atom stereocenters. The van der Waals surface area contributed by atoms with Gasteiger partial charge in [0.2, 0.25) is 5.96 Å². The molecule has 14 heavy (non-hydrogen) atoms. The highest BCUT2D eigenvalue weighted by atomic mass is 16.7. The van der Waals surface area contributed by atoms with E-state index >= 15 is 0 Å². The van der Waals surface area contributed by atoms with E-state index in [2.05, 4.69) is 4.99 Å². The molecular formula is C10H13N3O. The molecule has 0 aromatic heterocycles. The second-order valence-corrected chi connectivity index (χ2v) is 3.64. The van der Waals surface area contributed by atoms with Crippen LogP contribution < -0.4 is 10.8 Å². The summed E-state index contributed by atoms with van der Waals surface area (Å²) in [6, 6.07) is 9.64. The number of hydrogen-bond acceptors (Lipinski definition) is 4. The first-order valence-corrected chi connectivity index (χ1v) is 4.48. The van der Waals surface area contributed by atoms with E-state index in [9.17, 15) is 0 Å². The van der Waals surface area contributed by atoms with Gasteiger partial charge in [-0.25, -0.2) is 9.83 Å². The number of hydroxylamine groups is 1. The van der Waals surface area contributed by atoms with Crippen LogP contribution in [0.2, 0.25) is 0 Å². The van der Waals surface area contributed by atoms with Crippen molar-refractivity contribution < 1.29 is 4.84 Å². The van der Waals surface area contributed by atoms with Crippen molar-refractivity contribution in [3.05, 3.63) is 30.3 Å². The second kappa shape index (κ2) is 2.99. The molecule has 0 radical (unpaired) electrons. The molecule has 0 saturated heterocycles. The second-order valence-electron chi connectivity index (χ2n) is 3.64. The summed E-state index contributed by atoms with van der Waals surface area (Å²) in [5, 5.41) is 1.54. The van der Waals surface area contributed by atoms with Gasteiger partial charge in [-0.05, 0) is 26.0 Å². The van der Waals surface area contributed by atoms with Crippen LogP contribution in [0.5, 0.6) is 0 Å². The van der Waals surface area contributed by atoms with Crippen molar-refractivity contribution in [2.45, 2.75) is 19.6 Å². The lowest BCUT2D eigenvalue weighted by molar-refractivity contribution is 0.0142. The summed E-state index contributed by atoms with van der Waals surface area (Å²) in [5.74, 6) is 0.390. The van der Waals surface area contributed by atoms with E-state index in [0.717, 1.165) is 5.69 Å². The smallest absolute Gasteiger partial charge is 0.223 e. The van der Waals surface area contributed by atoms with Gasteiger partial charge in [0.05, 0.1) is 5.69 Å². The van der Waals surface area contributed by atoms with Crippen LogP contribution in [0, 0.1) is 0 Å². The van der Waals surface area contributed by atoms with Gasteiger partial charge in [-0.1, -0.05) is 18.2 Å². The summed E-state index contributed by atoms with van der Waals surface area (Å²) >= 11 is 0. The van der Waals surface area contributed by atoms with E-state index in [0.29, 0.717) is 5.96 Å². The van der Waals surface area contributed by atoms with Crippen LogP contribution in [0.1, 0.15) is 13.8 Å². The van der Waals surface area contributed by atoms with Crippen molar-refractivity contribution in [2.75, 3.05) is 5.06 Å². The maximum Gasteiger partial charge on any atom is 0.223 e. The fourth-order valence-electron chi connectivity index (χ4n) is 1.36. The molecule has 1 aliphatic rings. The average molecular weight is 191 g/mol. The molecule has 1 aliphatic heterocycles. The minimum absolute atomic E-state index is 0.390. The molecule has 2 rings (SSSR count). The Morgan fingerprint density at radius 1 is 1.29 bits per heavy atom. The fraction of sp³-hybridized carbons (Fsp3) is 0.300. The lowest BCUT2D eigenvalue weighted by Crippen LogP contribution is -2.34. The molecule has 2 N–H and O–H groups in total. The maximum absolute atomic E-state index is 5.74. The highest BCUT2D eigenvalue weighted by molar-refractivity contribution is 5.94. The normalized spacial score (nSPS) is 19.6. The molecule has 0 atom stereocenters. The van der Waals surface area contributed by atoms with Crippen LogP contribution in [0.25, 0.3) is 0 Å². The number of hydrogen-bond donors (Lipinski definition) is 1. The Labute approximate surface area is 82.9 Å². The van der Waals surface area contributed by atoms with Gasteiger partial charge in [-0.15, -0.1) is 0 Å². The lowest BCUT2D eigenvalue weighted by atomic mass is 10.3. The van der Waals surface area contributed by atoms with Crippen molar-refractivity contribution in [3.63, 3.8) is 0 Å². The lowest BCUT2D eigenvalue weighted by Gasteiger charge is -2.20. The Balaban J connectivity index is 2.28. The molecule has 1 aromatic rings. The van der Waals surface area contributed by atoms with Gasteiger partial charge >= 0.3 is 0 Å². The third-order valence-corrected chi connectivity index (χ3v) is 1.90. The molecule has 0 amide bonds. The van der Waals surface area contributed by atoms with Crippen LogP contribution in [0.15, 0.2) is 35.3 Å². The van der Waals surface area contributed by atoms with Crippen LogP contribution in [0.3, 0.4) is 0 Å². The van der Waals surface area contributed by atoms with Gasteiger partial charge in [0.25, 0.3) is 0 Å². The van der Waals surface area contributed by atoms with Gasteiger partial charge in [0.15, 0.2) is 5.72 Å². The van der Waals surface area contributed by atoms with Crippen LogP contribution in [0.4, 0.5) is 5.69 Å². The predicted molar refractivity (Wildman–Crippen MR) is 55.7 cm³/mol. The zero-order valence-electron chi connectivity index (χ0n) is 8.27. The number of benzene rings is 1. The summed E-state index contributed by atoms with van der Waals surface area (Å²) in [6.07, 6.45) is 0. The molecule has 0 saturated carbocycles. The van der Waals surface area contributed by atoms with Crippen molar-refractivity contribution in [1.29, 1.82) is 0 Å². The molecule has 0 aliphatic carbocycles. The molecule has 0 spiro atoms. The summed E-state index contributed by atoms with van der Waals surface area (Å²) in [7, 11) is 0. The molecule has 0 fully saturated rings. The Bertz CT molecular complexity index is 359. The maximum atomic E-state index is 5.74. The zero-order valence-corrected chi connectivity index (χ0v) is 8.27. The summed E-state index contributed by atoms with van der Waals surface area (Å²) < 4.78 is 0. The van der Waals surface area contributed by atoms with Crippen LogP contribution in [-0.2, 0) is 4.84 Å². The van der Waals surface area contributed by atoms with Crippen molar-refractivity contribution in [3.8, 4) is 0 Å². The Morgan fingerprint density at radius 2 is 1.93 bits per heavy atom. The molecule has 1 aromatic carbocycles. The Hall–Kier alpha value is -1.55. The first kappa shape index (κ1) is 9.02. The first-order chi connectivity index (χ1) is 6.58. The van der Waals surface area contributed by atoms with Gasteiger partial charge < -0.3 is 5.73 Å². The van der Waals surface area contributed by atoms with Crippen LogP contribution in [-0.4, -0.2) is 11.7 Å². The minimum Gasteiger partial charge on any atom is -0.368 e. The fourth-order valence-corrected chi connectivity index (χ4v) is 1.36. The Morgan fingerprint density at radius 3 is 2.43 bits per heavy atom. The van der Waals surface area contributed by atoms with Crippen LogP contribution >= 0.6 is 0 Å². The zero-order chi connectivity index (χ0) is 10.2. The monoisotopic (exact) mass is 191 g/mol. The van der Waals surface area contributed by atoms with Gasteiger partial charge in [0.1, 0.15) is 0 Å². The number of anilines is 1. The third kappa shape index (κ3) is 1.56. The number of nitrogens with two attached hydrogens (primary N) is 1.